The van der Waals surface area contributed by atoms with Gasteiger partial charge in [-0.2, -0.15) is 5.10 Å². The minimum absolute atomic E-state index is 0.563. The Morgan fingerprint density at radius 1 is 1.37 bits per heavy atom. The van der Waals surface area contributed by atoms with Gasteiger partial charge < -0.3 is 5.32 Å². The monoisotopic (exact) mass is 261 g/mol. The number of hydrogen-bond donors (Lipinski definition) is 1. The van der Waals surface area contributed by atoms with Gasteiger partial charge in [-0.25, -0.2) is 0 Å². The van der Waals surface area contributed by atoms with Crippen LogP contribution < -0.4 is 5.32 Å². The predicted octanol–water partition coefficient (Wildman–Crippen LogP) is 3.22. The molecule has 1 aliphatic carbocycles. The third-order valence-corrected chi connectivity index (χ3v) is 3.82. The van der Waals surface area contributed by atoms with E-state index in [1.165, 1.54) is 44.1 Å². The zero-order chi connectivity index (χ0) is 13.5. The Hall–Kier alpha value is -1.09. The van der Waals surface area contributed by atoms with Crippen LogP contribution in [0.3, 0.4) is 0 Å². The molecular weight excluding hydrogens is 234 g/mol. The van der Waals surface area contributed by atoms with Crippen molar-refractivity contribution < 1.29 is 0 Å². The second kappa shape index (κ2) is 7.49. The fraction of sp³-hybridized carbons (Fsp3) is 0.688. The van der Waals surface area contributed by atoms with Crippen LogP contribution >= 0.6 is 0 Å². The van der Waals surface area contributed by atoms with Crippen molar-refractivity contribution in [3.63, 3.8) is 0 Å². The summed E-state index contributed by atoms with van der Waals surface area (Å²) >= 11 is 0. The summed E-state index contributed by atoms with van der Waals surface area (Å²) in [5, 5.41) is 7.97. The largest absolute Gasteiger partial charge is 0.313 e. The van der Waals surface area contributed by atoms with E-state index in [2.05, 4.69) is 29.6 Å². The van der Waals surface area contributed by atoms with Crippen LogP contribution in [-0.2, 0) is 13.5 Å². The smallest absolute Gasteiger partial charge is 0.0522 e. The lowest BCUT2D eigenvalue weighted by atomic mass is 9.92. The van der Waals surface area contributed by atoms with Crippen molar-refractivity contribution in [2.24, 2.45) is 7.05 Å². The molecule has 0 bridgehead atoms. The molecule has 0 aromatic carbocycles. The molecule has 0 saturated heterocycles. The molecule has 1 aliphatic rings. The summed E-state index contributed by atoms with van der Waals surface area (Å²) in [5.74, 6) is 0. The molecule has 1 aromatic rings. The first kappa shape index (κ1) is 14.3. The maximum absolute atomic E-state index is 4.27. The highest BCUT2D eigenvalue weighted by Gasteiger charge is 2.13. The number of rotatable bonds is 7. The quantitative estimate of drug-likeness (QED) is 0.764. The third kappa shape index (κ3) is 4.83. The first-order chi connectivity index (χ1) is 9.28. The van der Waals surface area contributed by atoms with Crippen LogP contribution in [0, 0.1) is 0 Å². The molecule has 3 heteroatoms. The lowest BCUT2D eigenvalue weighted by Crippen LogP contribution is -2.32. The van der Waals surface area contributed by atoms with Gasteiger partial charge in [0, 0.05) is 19.3 Å². The zero-order valence-electron chi connectivity index (χ0n) is 12.4. The van der Waals surface area contributed by atoms with E-state index in [-0.39, 0.29) is 0 Å². The second-order valence-corrected chi connectivity index (χ2v) is 5.69. The number of nitrogens with zero attached hydrogens (tertiary/aromatic N) is 2. The van der Waals surface area contributed by atoms with Crippen LogP contribution in [0.1, 0.15) is 51.0 Å². The molecule has 3 nitrogen and oxygen atoms in total. The second-order valence-electron chi connectivity index (χ2n) is 5.69. The third-order valence-electron chi connectivity index (χ3n) is 3.82. The fourth-order valence-electron chi connectivity index (χ4n) is 2.83. The number of aromatic nitrogens is 2. The maximum Gasteiger partial charge on any atom is 0.0522 e. The molecule has 0 radical (unpaired) electrons. The highest BCUT2D eigenvalue weighted by atomic mass is 15.2. The average Bonchev–Trinajstić information content (AvgIpc) is 2.82. The van der Waals surface area contributed by atoms with E-state index in [4.69, 9.17) is 0 Å². The lowest BCUT2D eigenvalue weighted by Gasteiger charge is -2.21. The van der Waals surface area contributed by atoms with Gasteiger partial charge in [-0.3, -0.25) is 4.68 Å². The topological polar surface area (TPSA) is 29.9 Å². The van der Waals surface area contributed by atoms with Crippen LogP contribution in [0.4, 0.5) is 0 Å². The number of allylic oxidation sites excluding steroid dienone is 1. The van der Waals surface area contributed by atoms with Crippen molar-refractivity contribution in [2.75, 3.05) is 6.54 Å². The van der Waals surface area contributed by atoms with Crippen LogP contribution in [0.25, 0.3) is 0 Å². The molecule has 1 unspecified atom stereocenters. The maximum atomic E-state index is 4.27. The Morgan fingerprint density at radius 2 is 2.26 bits per heavy atom. The number of hydrogen-bond acceptors (Lipinski definition) is 2. The molecule has 0 amide bonds. The number of nitrogens with one attached hydrogen (secondary N) is 1. The average molecular weight is 261 g/mol. The minimum Gasteiger partial charge on any atom is -0.313 e. The standard InChI is InChI=1S/C16H27N3/c1-3-9-17-16(10-14-7-5-4-6-8-14)11-15-12-18-19(2)13-15/h7,12-13,16-17H,3-6,8-11H2,1-2H3. The van der Waals surface area contributed by atoms with Crippen LogP contribution in [0.2, 0.25) is 0 Å². The minimum atomic E-state index is 0.563. The predicted molar refractivity (Wildman–Crippen MR) is 80.2 cm³/mol. The molecular formula is C16H27N3. The molecule has 106 valence electrons. The van der Waals surface area contributed by atoms with E-state index in [9.17, 15) is 0 Å². The van der Waals surface area contributed by atoms with E-state index >= 15 is 0 Å². The molecule has 0 aliphatic heterocycles. The molecule has 1 N–H and O–H groups in total. The summed E-state index contributed by atoms with van der Waals surface area (Å²) in [6.07, 6.45) is 15.4. The SMILES string of the molecule is CCCNC(CC1=CCCCC1)Cc1cnn(C)c1. The van der Waals surface area contributed by atoms with Gasteiger partial charge >= 0.3 is 0 Å². The van der Waals surface area contributed by atoms with Crippen LogP contribution in [0.15, 0.2) is 24.0 Å². The number of aryl methyl sites for hydroxylation is 1. The molecule has 1 atom stereocenters. The van der Waals surface area contributed by atoms with Gasteiger partial charge in [0.15, 0.2) is 0 Å². The fourth-order valence-corrected chi connectivity index (χ4v) is 2.83. The Morgan fingerprint density at radius 3 is 2.89 bits per heavy atom. The lowest BCUT2D eigenvalue weighted by molar-refractivity contribution is 0.490. The zero-order valence-corrected chi connectivity index (χ0v) is 12.4. The molecule has 1 heterocycles. The summed E-state index contributed by atoms with van der Waals surface area (Å²) in [6.45, 7) is 3.34. The molecule has 2 rings (SSSR count). The van der Waals surface area contributed by atoms with Crippen LogP contribution in [-0.4, -0.2) is 22.4 Å². The summed E-state index contributed by atoms with van der Waals surface area (Å²) in [6, 6.07) is 0.563. The van der Waals surface area contributed by atoms with Gasteiger partial charge in [-0.05, 0) is 57.1 Å². The highest BCUT2D eigenvalue weighted by molar-refractivity contribution is 5.11. The van der Waals surface area contributed by atoms with Gasteiger partial charge in [0.2, 0.25) is 0 Å². The molecule has 0 saturated carbocycles. The molecule has 0 fully saturated rings. The Labute approximate surface area is 117 Å². The Balaban J connectivity index is 1.92. The summed E-state index contributed by atoms with van der Waals surface area (Å²) in [5.41, 5.74) is 3.00. The van der Waals surface area contributed by atoms with Gasteiger partial charge in [-0.15, -0.1) is 0 Å². The van der Waals surface area contributed by atoms with Crippen molar-refractivity contribution in [2.45, 2.75) is 57.9 Å². The first-order valence-corrected chi connectivity index (χ1v) is 7.66. The van der Waals surface area contributed by atoms with Gasteiger partial charge in [0.1, 0.15) is 0 Å². The van der Waals surface area contributed by atoms with Gasteiger partial charge in [-0.1, -0.05) is 18.6 Å². The van der Waals surface area contributed by atoms with E-state index in [1.54, 1.807) is 5.57 Å². The summed E-state index contributed by atoms with van der Waals surface area (Å²) < 4.78 is 1.89. The van der Waals surface area contributed by atoms with Crippen molar-refractivity contribution in [1.29, 1.82) is 0 Å². The van der Waals surface area contributed by atoms with Gasteiger partial charge in [0.25, 0.3) is 0 Å². The highest BCUT2D eigenvalue weighted by Crippen LogP contribution is 2.22. The van der Waals surface area contributed by atoms with Crippen molar-refractivity contribution in [3.8, 4) is 0 Å². The van der Waals surface area contributed by atoms with E-state index in [0.717, 1.165) is 13.0 Å². The van der Waals surface area contributed by atoms with E-state index < -0.39 is 0 Å². The van der Waals surface area contributed by atoms with Gasteiger partial charge in [0.05, 0.1) is 6.20 Å². The Kier molecular flexibility index (Phi) is 5.64. The van der Waals surface area contributed by atoms with Crippen molar-refractivity contribution >= 4 is 0 Å². The normalized spacial score (nSPS) is 17.3. The van der Waals surface area contributed by atoms with Crippen molar-refractivity contribution in [1.82, 2.24) is 15.1 Å². The van der Waals surface area contributed by atoms with Crippen LogP contribution in [0.5, 0.6) is 0 Å². The summed E-state index contributed by atoms with van der Waals surface area (Å²) in [4.78, 5) is 0. The van der Waals surface area contributed by atoms with E-state index in [0.29, 0.717) is 6.04 Å². The molecule has 0 spiro atoms. The van der Waals surface area contributed by atoms with E-state index in [1.807, 2.05) is 17.9 Å². The van der Waals surface area contributed by atoms with Crippen molar-refractivity contribution in [3.05, 3.63) is 29.6 Å². The summed E-state index contributed by atoms with van der Waals surface area (Å²) in [7, 11) is 1.99. The molecule has 19 heavy (non-hydrogen) atoms. The first-order valence-electron chi connectivity index (χ1n) is 7.66. The molecule has 1 aromatic heterocycles. The Bertz CT molecular complexity index is 406.